The van der Waals surface area contributed by atoms with Crippen LogP contribution in [0.25, 0.3) is 0 Å². The molecule has 0 aliphatic carbocycles. The van der Waals surface area contributed by atoms with Crippen molar-refractivity contribution in [2.45, 2.75) is 135 Å². The monoisotopic (exact) mass is 368 g/mol. The summed E-state index contributed by atoms with van der Waals surface area (Å²) in [6.07, 6.45) is 28.4. The quantitative estimate of drug-likeness (QED) is 0.185. The van der Waals surface area contributed by atoms with Gasteiger partial charge in [-0.05, 0) is 38.9 Å². The normalized spacial score (nSPS) is 11.3. The molecule has 0 aliphatic rings. The van der Waals surface area contributed by atoms with Crippen LogP contribution < -0.4 is 11.1 Å². The largest absolute Gasteiger partial charge is 0.330 e. The Morgan fingerprint density at radius 3 is 1.08 bits per heavy atom. The molecule has 3 N–H and O–H groups in total. The lowest BCUT2D eigenvalue weighted by atomic mass is 10.0. The second kappa shape index (κ2) is 24.9. The van der Waals surface area contributed by atoms with Crippen molar-refractivity contribution in [2.75, 3.05) is 19.6 Å². The summed E-state index contributed by atoms with van der Waals surface area (Å²) in [4.78, 5) is 0. The van der Waals surface area contributed by atoms with Gasteiger partial charge in [0.05, 0.1) is 0 Å². The van der Waals surface area contributed by atoms with Crippen LogP contribution in [-0.4, -0.2) is 19.6 Å². The summed E-state index contributed by atoms with van der Waals surface area (Å²) in [6, 6.07) is 0. The lowest BCUT2D eigenvalue weighted by Crippen LogP contribution is -2.16. The SMILES string of the molecule is CCCCCCCCCCCCCCCCCCNCCCCCCN. The third-order valence-corrected chi connectivity index (χ3v) is 5.51. The fourth-order valence-electron chi connectivity index (χ4n) is 3.67. The van der Waals surface area contributed by atoms with Gasteiger partial charge in [-0.3, -0.25) is 0 Å². The number of unbranched alkanes of at least 4 members (excludes halogenated alkanes) is 18. The second-order valence-electron chi connectivity index (χ2n) is 8.26. The Balaban J connectivity index is 2.95. The van der Waals surface area contributed by atoms with E-state index in [1.54, 1.807) is 0 Å². The fourth-order valence-corrected chi connectivity index (χ4v) is 3.67. The van der Waals surface area contributed by atoms with Gasteiger partial charge in [-0.15, -0.1) is 0 Å². The van der Waals surface area contributed by atoms with E-state index in [0.29, 0.717) is 0 Å². The molecule has 2 nitrogen and oxygen atoms in total. The summed E-state index contributed by atoms with van der Waals surface area (Å²) in [6.45, 7) is 5.57. The number of nitrogens with one attached hydrogen (secondary N) is 1. The molecule has 0 unspecified atom stereocenters. The molecule has 0 radical (unpaired) electrons. The molecule has 0 atom stereocenters. The predicted molar refractivity (Wildman–Crippen MR) is 120 cm³/mol. The molecule has 0 amide bonds. The van der Waals surface area contributed by atoms with Gasteiger partial charge in [0.1, 0.15) is 0 Å². The summed E-state index contributed by atoms with van der Waals surface area (Å²) in [7, 11) is 0. The molecule has 0 saturated heterocycles. The van der Waals surface area contributed by atoms with Crippen LogP contribution in [0.5, 0.6) is 0 Å². The van der Waals surface area contributed by atoms with Gasteiger partial charge >= 0.3 is 0 Å². The maximum atomic E-state index is 5.50. The van der Waals surface area contributed by atoms with Crippen molar-refractivity contribution in [3.63, 3.8) is 0 Å². The summed E-state index contributed by atoms with van der Waals surface area (Å²) in [5, 5.41) is 3.58. The molecular formula is C24H52N2. The Morgan fingerprint density at radius 1 is 0.423 bits per heavy atom. The summed E-state index contributed by atoms with van der Waals surface area (Å²) >= 11 is 0. The van der Waals surface area contributed by atoms with E-state index >= 15 is 0 Å². The van der Waals surface area contributed by atoms with Crippen LogP contribution in [0.3, 0.4) is 0 Å². The first kappa shape index (κ1) is 25.9. The minimum atomic E-state index is 0.854. The average molecular weight is 369 g/mol. The first-order chi connectivity index (χ1) is 12.9. The average Bonchev–Trinajstić information content (AvgIpc) is 2.66. The molecule has 26 heavy (non-hydrogen) atoms. The second-order valence-corrected chi connectivity index (χ2v) is 8.26. The van der Waals surface area contributed by atoms with Crippen LogP contribution >= 0.6 is 0 Å². The van der Waals surface area contributed by atoms with E-state index < -0.39 is 0 Å². The summed E-state index contributed by atoms with van der Waals surface area (Å²) in [5.41, 5.74) is 5.50. The molecule has 0 spiro atoms. The van der Waals surface area contributed by atoms with E-state index in [2.05, 4.69) is 12.2 Å². The van der Waals surface area contributed by atoms with Crippen LogP contribution in [0.2, 0.25) is 0 Å². The van der Waals surface area contributed by atoms with Gasteiger partial charge in [-0.2, -0.15) is 0 Å². The van der Waals surface area contributed by atoms with Crippen LogP contribution in [0.4, 0.5) is 0 Å². The van der Waals surface area contributed by atoms with E-state index in [-0.39, 0.29) is 0 Å². The Labute approximate surface area is 166 Å². The highest BCUT2D eigenvalue weighted by molar-refractivity contribution is 4.53. The molecule has 0 fully saturated rings. The maximum absolute atomic E-state index is 5.50. The smallest absolute Gasteiger partial charge is 0.00489 e. The zero-order valence-corrected chi connectivity index (χ0v) is 18.3. The van der Waals surface area contributed by atoms with Crippen molar-refractivity contribution in [1.82, 2.24) is 5.32 Å². The lowest BCUT2D eigenvalue weighted by molar-refractivity contribution is 0.522. The van der Waals surface area contributed by atoms with Crippen LogP contribution in [0.1, 0.15) is 135 Å². The first-order valence-electron chi connectivity index (χ1n) is 12.3. The van der Waals surface area contributed by atoms with E-state index in [1.807, 2.05) is 0 Å². The predicted octanol–water partition coefficient (Wildman–Crippen LogP) is 7.36. The van der Waals surface area contributed by atoms with Crippen molar-refractivity contribution >= 4 is 0 Å². The summed E-state index contributed by atoms with van der Waals surface area (Å²) < 4.78 is 0. The molecule has 0 saturated carbocycles. The molecule has 0 aliphatic heterocycles. The first-order valence-corrected chi connectivity index (χ1v) is 12.3. The lowest BCUT2D eigenvalue weighted by Gasteiger charge is -2.05. The molecule has 0 aromatic heterocycles. The number of hydrogen-bond donors (Lipinski definition) is 2. The van der Waals surface area contributed by atoms with Gasteiger partial charge in [-0.25, -0.2) is 0 Å². The van der Waals surface area contributed by atoms with Crippen LogP contribution in [-0.2, 0) is 0 Å². The van der Waals surface area contributed by atoms with Crippen molar-refractivity contribution in [2.24, 2.45) is 5.73 Å². The molecular weight excluding hydrogens is 316 g/mol. The van der Waals surface area contributed by atoms with Crippen molar-refractivity contribution < 1.29 is 0 Å². The molecule has 0 bridgehead atoms. The molecule has 0 aromatic rings. The van der Waals surface area contributed by atoms with Gasteiger partial charge in [0.2, 0.25) is 0 Å². The van der Waals surface area contributed by atoms with E-state index in [4.69, 9.17) is 5.73 Å². The minimum absolute atomic E-state index is 0.854. The molecule has 2 heteroatoms. The molecule has 158 valence electrons. The van der Waals surface area contributed by atoms with Gasteiger partial charge in [-0.1, -0.05) is 116 Å². The topological polar surface area (TPSA) is 38.0 Å². The van der Waals surface area contributed by atoms with Crippen molar-refractivity contribution in [3.8, 4) is 0 Å². The number of rotatable bonds is 23. The highest BCUT2D eigenvalue weighted by atomic mass is 14.8. The molecule has 0 aromatic carbocycles. The Morgan fingerprint density at radius 2 is 0.731 bits per heavy atom. The number of hydrogen-bond acceptors (Lipinski definition) is 2. The van der Waals surface area contributed by atoms with Gasteiger partial charge in [0.15, 0.2) is 0 Å². The zero-order chi connectivity index (χ0) is 19.0. The maximum Gasteiger partial charge on any atom is -0.00489 e. The fraction of sp³-hybridized carbons (Fsp3) is 1.00. The van der Waals surface area contributed by atoms with Crippen molar-refractivity contribution in [3.05, 3.63) is 0 Å². The van der Waals surface area contributed by atoms with E-state index in [9.17, 15) is 0 Å². The highest BCUT2D eigenvalue weighted by Gasteiger charge is 1.95. The van der Waals surface area contributed by atoms with Crippen LogP contribution in [0.15, 0.2) is 0 Å². The van der Waals surface area contributed by atoms with E-state index in [1.165, 1.54) is 142 Å². The van der Waals surface area contributed by atoms with Gasteiger partial charge in [0.25, 0.3) is 0 Å². The third-order valence-electron chi connectivity index (χ3n) is 5.51. The van der Waals surface area contributed by atoms with Gasteiger partial charge < -0.3 is 11.1 Å². The minimum Gasteiger partial charge on any atom is -0.330 e. The molecule has 0 rings (SSSR count). The van der Waals surface area contributed by atoms with Crippen LogP contribution in [0, 0.1) is 0 Å². The number of nitrogens with two attached hydrogens (primary N) is 1. The Bertz CT molecular complexity index is 206. The summed E-state index contributed by atoms with van der Waals surface area (Å²) in [5.74, 6) is 0. The van der Waals surface area contributed by atoms with E-state index in [0.717, 1.165) is 6.54 Å². The highest BCUT2D eigenvalue weighted by Crippen LogP contribution is 2.13. The molecule has 0 heterocycles. The van der Waals surface area contributed by atoms with Crippen molar-refractivity contribution in [1.29, 1.82) is 0 Å². The Kier molecular flexibility index (Phi) is 24.8. The zero-order valence-electron chi connectivity index (χ0n) is 18.3. The van der Waals surface area contributed by atoms with Gasteiger partial charge in [0, 0.05) is 0 Å². The third kappa shape index (κ3) is 23.9. The Hall–Kier alpha value is -0.0800. The standard InChI is InChI=1S/C24H52N2/c1-2-3-4-5-6-7-8-9-10-11-12-13-14-15-17-20-23-26-24-21-18-16-19-22-25/h26H,2-25H2,1H3.